The van der Waals surface area contributed by atoms with Gasteiger partial charge in [0.05, 0.1) is 10.8 Å². The molecule has 0 radical (unpaired) electrons. The molecule has 2 atom stereocenters. The van der Waals surface area contributed by atoms with E-state index in [2.05, 4.69) is 12.2 Å². The van der Waals surface area contributed by atoms with Gasteiger partial charge >= 0.3 is 0 Å². The second kappa shape index (κ2) is 4.64. The summed E-state index contributed by atoms with van der Waals surface area (Å²) in [5.74, 6) is 0.676. The fraction of sp³-hybridized carbons (Fsp3) is 0.455. The van der Waals surface area contributed by atoms with E-state index in [0.29, 0.717) is 5.75 Å². The van der Waals surface area contributed by atoms with Gasteiger partial charge < -0.3 is 5.32 Å². The van der Waals surface area contributed by atoms with Crippen molar-refractivity contribution in [1.29, 1.82) is 0 Å². The highest BCUT2D eigenvalue weighted by atomic mass is 35.5. The maximum atomic E-state index is 11.8. The predicted molar refractivity (Wildman–Crippen MR) is 63.8 cm³/mol. The second-order valence-corrected chi connectivity index (χ2v) is 5.60. The minimum absolute atomic E-state index is 0.208. The average Bonchev–Trinajstić information content (AvgIpc) is 2.52. The van der Waals surface area contributed by atoms with Crippen LogP contribution >= 0.6 is 11.6 Å². The van der Waals surface area contributed by atoms with Crippen LogP contribution in [0.5, 0.6) is 0 Å². The standard InChI is InChI=1S/C11H14ClNOS/c1-2-5-13-10-7-15(14)11-4-3-8(12)6-9(10)11/h3-4,6,10,13H,2,5,7H2,1H3. The summed E-state index contributed by atoms with van der Waals surface area (Å²) in [4.78, 5) is 0.938. The van der Waals surface area contributed by atoms with Gasteiger partial charge in [0, 0.05) is 21.7 Å². The first kappa shape index (κ1) is 11.1. The monoisotopic (exact) mass is 243 g/mol. The molecule has 82 valence electrons. The summed E-state index contributed by atoms with van der Waals surface area (Å²) in [5.41, 5.74) is 1.11. The summed E-state index contributed by atoms with van der Waals surface area (Å²) in [6.45, 7) is 3.08. The van der Waals surface area contributed by atoms with E-state index in [1.165, 1.54) is 0 Å². The van der Waals surface area contributed by atoms with Crippen LogP contribution < -0.4 is 5.32 Å². The Kier molecular flexibility index (Phi) is 3.44. The van der Waals surface area contributed by atoms with Gasteiger partial charge in [0.25, 0.3) is 0 Å². The lowest BCUT2D eigenvalue weighted by Crippen LogP contribution is -2.22. The highest BCUT2D eigenvalue weighted by Gasteiger charge is 2.27. The van der Waals surface area contributed by atoms with Crippen molar-refractivity contribution in [2.75, 3.05) is 12.3 Å². The lowest BCUT2D eigenvalue weighted by atomic mass is 10.1. The van der Waals surface area contributed by atoms with Gasteiger partial charge in [0.2, 0.25) is 0 Å². The summed E-state index contributed by atoms with van der Waals surface area (Å²) in [6, 6.07) is 5.82. The Balaban J connectivity index is 2.27. The molecule has 1 aromatic carbocycles. The van der Waals surface area contributed by atoms with E-state index in [9.17, 15) is 4.21 Å². The molecule has 0 amide bonds. The maximum Gasteiger partial charge on any atom is 0.0552 e. The highest BCUT2D eigenvalue weighted by Crippen LogP contribution is 2.32. The Morgan fingerprint density at radius 2 is 2.40 bits per heavy atom. The van der Waals surface area contributed by atoms with Crippen molar-refractivity contribution in [2.45, 2.75) is 24.3 Å². The van der Waals surface area contributed by atoms with Crippen molar-refractivity contribution >= 4 is 22.4 Å². The van der Waals surface area contributed by atoms with Gasteiger partial charge in [-0.25, -0.2) is 0 Å². The van der Waals surface area contributed by atoms with Crippen molar-refractivity contribution in [1.82, 2.24) is 5.32 Å². The lowest BCUT2D eigenvalue weighted by molar-refractivity contribution is 0.576. The van der Waals surface area contributed by atoms with Crippen molar-refractivity contribution in [2.24, 2.45) is 0 Å². The molecule has 1 aliphatic heterocycles. The molecule has 0 aromatic heterocycles. The van der Waals surface area contributed by atoms with E-state index in [0.717, 1.165) is 28.4 Å². The number of hydrogen-bond donors (Lipinski definition) is 1. The summed E-state index contributed by atoms with van der Waals surface area (Å²) in [6.07, 6.45) is 1.08. The molecule has 0 bridgehead atoms. The average molecular weight is 244 g/mol. The summed E-state index contributed by atoms with van der Waals surface area (Å²) in [5, 5.41) is 4.11. The first-order valence-electron chi connectivity index (χ1n) is 5.13. The van der Waals surface area contributed by atoms with Crippen molar-refractivity contribution in [3.63, 3.8) is 0 Å². The zero-order valence-corrected chi connectivity index (χ0v) is 10.2. The first-order chi connectivity index (χ1) is 7.22. The molecule has 2 rings (SSSR count). The van der Waals surface area contributed by atoms with Crippen LogP contribution in [-0.4, -0.2) is 16.5 Å². The van der Waals surface area contributed by atoms with Crippen LogP contribution in [0.2, 0.25) is 5.02 Å². The number of rotatable bonds is 3. The van der Waals surface area contributed by atoms with E-state index in [-0.39, 0.29) is 6.04 Å². The van der Waals surface area contributed by atoms with Crippen LogP contribution in [0.25, 0.3) is 0 Å². The largest absolute Gasteiger partial charge is 0.309 e. The van der Waals surface area contributed by atoms with Crippen LogP contribution in [0.4, 0.5) is 0 Å². The molecule has 1 aliphatic rings. The topological polar surface area (TPSA) is 29.1 Å². The molecule has 0 aliphatic carbocycles. The van der Waals surface area contributed by atoms with Crippen molar-refractivity contribution in [3.05, 3.63) is 28.8 Å². The van der Waals surface area contributed by atoms with Crippen LogP contribution in [-0.2, 0) is 10.8 Å². The molecular formula is C11H14ClNOS. The molecule has 0 saturated heterocycles. The third-order valence-corrected chi connectivity index (χ3v) is 4.28. The summed E-state index contributed by atoms with van der Waals surface area (Å²) < 4.78 is 11.8. The molecule has 2 unspecified atom stereocenters. The molecule has 1 N–H and O–H groups in total. The molecule has 2 nitrogen and oxygen atoms in total. The van der Waals surface area contributed by atoms with Crippen LogP contribution in [0, 0.1) is 0 Å². The van der Waals surface area contributed by atoms with Crippen LogP contribution in [0.3, 0.4) is 0 Å². The van der Waals surface area contributed by atoms with Gasteiger partial charge in [0.1, 0.15) is 0 Å². The van der Waals surface area contributed by atoms with Gasteiger partial charge in [-0.2, -0.15) is 0 Å². The van der Waals surface area contributed by atoms with Crippen molar-refractivity contribution < 1.29 is 4.21 Å². The third kappa shape index (κ3) is 2.25. The Morgan fingerprint density at radius 3 is 3.13 bits per heavy atom. The zero-order valence-electron chi connectivity index (χ0n) is 8.63. The van der Waals surface area contributed by atoms with Gasteiger partial charge in [0.15, 0.2) is 0 Å². The molecule has 15 heavy (non-hydrogen) atoms. The van der Waals surface area contributed by atoms with Gasteiger partial charge in [-0.05, 0) is 36.7 Å². The molecule has 0 spiro atoms. The molecule has 1 aromatic rings. The van der Waals surface area contributed by atoms with Crippen LogP contribution in [0.15, 0.2) is 23.1 Å². The summed E-state index contributed by atoms with van der Waals surface area (Å²) in [7, 11) is -0.861. The van der Waals surface area contributed by atoms with E-state index < -0.39 is 10.8 Å². The zero-order chi connectivity index (χ0) is 10.8. The van der Waals surface area contributed by atoms with Gasteiger partial charge in [-0.1, -0.05) is 18.5 Å². The number of halogens is 1. The highest BCUT2D eigenvalue weighted by molar-refractivity contribution is 7.85. The smallest absolute Gasteiger partial charge is 0.0552 e. The minimum atomic E-state index is -0.861. The Labute approximate surface area is 97.5 Å². The molecule has 4 heteroatoms. The fourth-order valence-electron chi connectivity index (χ4n) is 1.82. The van der Waals surface area contributed by atoms with E-state index in [1.807, 2.05) is 12.1 Å². The Morgan fingerprint density at radius 1 is 1.60 bits per heavy atom. The third-order valence-electron chi connectivity index (χ3n) is 2.55. The molecule has 0 fully saturated rings. The first-order valence-corrected chi connectivity index (χ1v) is 6.83. The quantitative estimate of drug-likeness (QED) is 0.884. The fourth-order valence-corrected chi connectivity index (χ4v) is 3.46. The Hall–Kier alpha value is -0.380. The maximum absolute atomic E-state index is 11.8. The van der Waals surface area contributed by atoms with E-state index in [1.54, 1.807) is 6.07 Å². The lowest BCUT2D eigenvalue weighted by Gasteiger charge is -2.11. The SMILES string of the molecule is CCCNC1CS(=O)c2ccc(Cl)cc21. The normalized spacial score (nSPS) is 24.1. The van der Waals surface area contributed by atoms with Crippen molar-refractivity contribution in [3.8, 4) is 0 Å². The van der Waals surface area contributed by atoms with Gasteiger partial charge in [-0.3, -0.25) is 4.21 Å². The second-order valence-electron chi connectivity index (χ2n) is 3.70. The molecular weight excluding hydrogens is 230 g/mol. The predicted octanol–water partition coefficient (Wildman–Crippen LogP) is 2.50. The number of fused-ring (bicyclic) bond motifs is 1. The van der Waals surface area contributed by atoms with E-state index in [4.69, 9.17) is 11.6 Å². The van der Waals surface area contributed by atoms with E-state index >= 15 is 0 Å². The number of benzene rings is 1. The van der Waals surface area contributed by atoms with Gasteiger partial charge in [-0.15, -0.1) is 0 Å². The molecule has 1 heterocycles. The minimum Gasteiger partial charge on any atom is -0.309 e. The van der Waals surface area contributed by atoms with Crippen LogP contribution in [0.1, 0.15) is 24.9 Å². The number of hydrogen-bond acceptors (Lipinski definition) is 2. The summed E-state index contributed by atoms with van der Waals surface area (Å²) >= 11 is 5.94. The Bertz CT molecular complexity index is 394. The number of nitrogens with one attached hydrogen (secondary N) is 1. The molecule has 0 saturated carbocycles.